The van der Waals surface area contributed by atoms with Crippen LogP contribution >= 0.6 is 0 Å². The van der Waals surface area contributed by atoms with Gasteiger partial charge in [0.05, 0.1) is 39.3 Å². The Labute approximate surface area is 211 Å². The normalized spacial score (nSPS) is 10.8. The van der Waals surface area contributed by atoms with Gasteiger partial charge < -0.3 is 19.5 Å². The van der Waals surface area contributed by atoms with E-state index in [9.17, 15) is 4.79 Å². The minimum absolute atomic E-state index is 0.159. The molecule has 4 rings (SSSR count). The molecule has 0 bridgehead atoms. The first-order valence-electron chi connectivity index (χ1n) is 11.5. The third kappa shape index (κ3) is 5.50. The van der Waals surface area contributed by atoms with E-state index >= 15 is 0 Å². The number of likely N-dealkylation sites (N-methyl/N-ethyl adjacent to an activating group) is 1. The molecular weight excluding hydrogens is 456 g/mol. The smallest absolute Gasteiger partial charge is 0.239 e. The molecule has 0 saturated carbocycles. The van der Waals surface area contributed by atoms with E-state index in [0.717, 1.165) is 22.5 Å². The molecule has 1 N–H and O–H groups in total. The Bertz CT molecular complexity index is 1310. The number of carbonyl (C=O) groups excluding carboxylic acids is 1. The number of hydrogen-bond donors (Lipinski definition) is 1. The van der Waals surface area contributed by atoms with E-state index < -0.39 is 0 Å². The Morgan fingerprint density at radius 3 is 2.19 bits per heavy atom. The topological polar surface area (TPSA) is 77.9 Å². The molecule has 0 saturated heterocycles. The lowest BCUT2D eigenvalue weighted by molar-refractivity contribution is -0.117. The van der Waals surface area contributed by atoms with Crippen LogP contribution in [0.5, 0.6) is 17.2 Å². The quantitative estimate of drug-likeness (QED) is 0.352. The van der Waals surface area contributed by atoms with Crippen LogP contribution in [0.15, 0.2) is 78.9 Å². The number of rotatable bonds is 10. The first kappa shape index (κ1) is 24.8. The maximum absolute atomic E-state index is 13.1. The van der Waals surface area contributed by atoms with Gasteiger partial charge in [-0.3, -0.25) is 9.69 Å². The molecule has 4 aromatic rings. The number of hydrogen-bond acceptors (Lipinski definition) is 6. The summed E-state index contributed by atoms with van der Waals surface area (Å²) in [5.74, 6) is 2.13. The predicted molar refractivity (Wildman–Crippen MR) is 140 cm³/mol. The Kier molecular flexibility index (Phi) is 7.87. The SMILES string of the molecule is COc1ccc(CN(C)CC(=O)Nc2cc(-c3ccccc3)nn2-c2ccccc2)c(OC)c1OC. The van der Waals surface area contributed by atoms with E-state index in [1.165, 1.54) is 0 Å². The van der Waals surface area contributed by atoms with Gasteiger partial charge in [0.1, 0.15) is 5.82 Å². The van der Waals surface area contributed by atoms with Gasteiger partial charge >= 0.3 is 0 Å². The van der Waals surface area contributed by atoms with Crippen molar-refractivity contribution in [2.24, 2.45) is 0 Å². The Morgan fingerprint density at radius 2 is 1.56 bits per heavy atom. The van der Waals surface area contributed by atoms with E-state index in [-0.39, 0.29) is 12.5 Å². The maximum Gasteiger partial charge on any atom is 0.239 e. The van der Waals surface area contributed by atoms with Gasteiger partial charge in [0.25, 0.3) is 0 Å². The molecule has 1 amide bonds. The zero-order valence-electron chi connectivity index (χ0n) is 20.9. The van der Waals surface area contributed by atoms with Crippen molar-refractivity contribution in [3.8, 4) is 34.2 Å². The predicted octanol–water partition coefficient (Wildman–Crippen LogP) is 4.64. The van der Waals surface area contributed by atoms with Crippen molar-refractivity contribution in [1.29, 1.82) is 0 Å². The Hall–Kier alpha value is -4.30. The van der Waals surface area contributed by atoms with Gasteiger partial charge in [-0.05, 0) is 25.2 Å². The molecule has 8 nitrogen and oxygen atoms in total. The lowest BCUT2D eigenvalue weighted by Crippen LogP contribution is -2.30. The lowest BCUT2D eigenvalue weighted by atomic mass is 10.1. The summed E-state index contributed by atoms with van der Waals surface area (Å²) in [5.41, 5.74) is 3.49. The first-order valence-corrected chi connectivity index (χ1v) is 11.5. The molecule has 0 aliphatic rings. The summed E-state index contributed by atoms with van der Waals surface area (Å²) in [7, 11) is 6.61. The summed E-state index contributed by atoms with van der Waals surface area (Å²) in [6, 6.07) is 25.2. The summed E-state index contributed by atoms with van der Waals surface area (Å²) in [5, 5.41) is 7.78. The van der Waals surface area contributed by atoms with E-state index in [1.807, 2.05) is 90.8 Å². The van der Waals surface area contributed by atoms with Crippen molar-refractivity contribution in [3.05, 3.63) is 84.4 Å². The first-order chi connectivity index (χ1) is 17.5. The van der Waals surface area contributed by atoms with Crippen molar-refractivity contribution in [2.45, 2.75) is 6.54 Å². The van der Waals surface area contributed by atoms with Crippen LogP contribution in [0, 0.1) is 0 Å². The van der Waals surface area contributed by atoms with Gasteiger partial charge in [0.15, 0.2) is 11.5 Å². The number of nitrogens with one attached hydrogen (secondary N) is 1. The molecule has 0 unspecified atom stereocenters. The molecule has 36 heavy (non-hydrogen) atoms. The number of ether oxygens (including phenoxy) is 3. The second kappa shape index (κ2) is 11.4. The minimum atomic E-state index is -0.159. The fourth-order valence-corrected chi connectivity index (χ4v) is 4.05. The molecule has 1 heterocycles. The average molecular weight is 487 g/mol. The van der Waals surface area contributed by atoms with Crippen molar-refractivity contribution in [2.75, 3.05) is 40.2 Å². The Morgan fingerprint density at radius 1 is 0.889 bits per heavy atom. The fourth-order valence-electron chi connectivity index (χ4n) is 4.05. The molecule has 1 aromatic heterocycles. The summed E-state index contributed by atoms with van der Waals surface area (Å²) in [6.07, 6.45) is 0. The van der Waals surface area contributed by atoms with E-state index in [2.05, 4.69) is 5.32 Å². The van der Waals surface area contributed by atoms with Gasteiger partial charge in [-0.25, -0.2) is 4.68 Å². The number of benzene rings is 3. The third-order valence-electron chi connectivity index (χ3n) is 5.69. The summed E-state index contributed by atoms with van der Waals surface area (Å²) < 4.78 is 18.2. The van der Waals surface area contributed by atoms with Gasteiger partial charge in [0, 0.05) is 23.7 Å². The third-order valence-corrected chi connectivity index (χ3v) is 5.69. The van der Waals surface area contributed by atoms with Gasteiger partial charge in [-0.2, -0.15) is 5.10 Å². The molecule has 0 radical (unpaired) electrons. The van der Waals surface area contributed by atoms with Crippen LogP contribution in [0.25, 0.3) is 16.9 Å². The zero-order chi connectivity index (χ0) is 25.5. The van der Waals surface area contributed by atoms with Crippen LogP contribution < -0.4 is 19.5 Å². The molecule has 0 atom stereocenters. The largest absolute Gasteiger partial charge is 0.493 e. The van der Waals surface area contributed by atoms with Crippen LogP contribution in [0.4, 0.5) is 5.82 Å². The lowest BCUT2D eigenvalue weighted by Gasteiger charge is -2.20. The molecule has 0 spiro atoms. The number of para-hydroxylation sites is 1. The van der Waals surface area contributed by atoms with Crippen LogP contribution in [-0.2, 0) is 11.3 Å². The molecule has 8 heteroatoms. The number of methoxy groups -OCH3 is 3. The second-order valence-corrected chi connectivity index (χ2v) is 8.24. The number of amides is 1. The van der Waals surface area contributed by atoms with Gasteiger partial charge in [-0.15, -0.1) is 0 Å². The molecule has 0 fully saturated rings. The van der Waals surface area contributed by atoms with E-state index in [4.69, 9.17) is 19.3 Å². The highest BCUT2D eigenvalue weighted by Gasteiger charge is 2.19. The van der Waals surface area contributed by atoms with Crippen molar-refractivity contribution >= 4 is 11.7 Å². The van der Waals surface area contributed by atoms with Gasteiger partial charge in [0.2, 0.25) is 11.7 Å². The second-order valence-electron chi connectivity index (χ2n) is 8.24. The standard InChI is InChI=1S/C28H30N4O4/c1-31(18-21-15-16-24(34-2)28(36-4)27(21)35-3)19-26(33)29-25-17-23(20-11-7-5-8-12-20)30-32(25)22-13-9-6-10-14-22/h5-17H,18-19H2,1-4H3,(H,29,33). The fraction of sp³-hybridized carbons (Fsp3) is 0.214. The molecule has 3 aromatic carbocycles. The number of carbonyl (C=O) groups is 1. The summed E-state index contributed by atoms with van der Waals surface area (Å²) in [4.78, 5) is 15.0. The molecule has 186 valence electrons. The van der Waals surface area contributed by atoms with Crippen LogP contribution in [-0.4, -0.2) is 55.5 Å². The van der Waals surface area contributed by atoms with Crippen molar-refractivity contribution in [3.63, 3.8) is 0 Å². The highest BCUT2D eigenvalue weighted by atomic mass is 16.5. The van der Waals surface area contributed by atoms with Crippen molar-refractivity contribution in [1.82, 2.24) is 14.7 Å². The van der Waals surface area contributed by atoms with E-state index in [0.29, 0.717) is 29.6 Å². The van der Waals surface area contributed by atoms with Crippen LogP contribution in [0.3, 0.4) is 0 Å². The summed E-state index contributed by atoms with van der Waals surface area (Å²) in [6.45, 7) is 0.641. The van der Waals surface area contributed by atoms with Crippen molar-refractivity contribution < 1.29 is 19.0 Å². The number of anilines is 1. The molecule has 0 aliphatic heterocycles. The highest BCUT2D eigenvalue weighted by molar-refractivity contribution is 5.92. The Balaban J connectivity index is 1.52. The number of nitrogens with zero attached hydrogens (tertiary/aromatic N) is 3. The minimum Gasteiger partial charge on any atom is -0.493 e. The van der Waals surface area contributed by atoms with E-state index in [1.54, 1.807) is 26.0 Å². The average Bonchev–Trinajstić information content (AvgIpc) is 3.32. The van der Waals surface area contributed by atoms with Gasteiger partial charge in [-0.1, -0.05) is 54.6 Å². The molecular formula is C28H30N4O4. The summed E-state index contributed by atoms with van der Waals surface area (Å²) >= 11 is 0. The maximum atomic E-state index is 13.1. The molecule has 0 aliphatic carbocycles. The van der Waals surface area contributed by atoms with Crippen LogP contribution in [0.2, 0.25) is 0 Å². The monoisotopic (exact) mass is 486 g/mol. The zero-order valence-corrected chi connectivity index (χ0v) is 20.9. The van der Waals surface area contributed by atoms with Crippen LogP contribution in [0.1, 0.15) is 5.56 Å². The highest BCUT2D eigenvalue weighted by Crippen LogP contribution is 2.40. The number of aromatic nitrogens is 2.